The van der Waals surface area contributed by atoms with Crippen LogP contribution < -0.4 is 4.74 Å². The third-order valence-corrected chi connectivity index (χ3v) is 4.07. The number of hydrogen-bond donors (Lipinski definition) is 0. The molecular formula is C10H11Cl3O3S. The van der Waals surface area contributed by atoms with E-state index in [-0.39, 0.29) is 18.3 Å². The van der Waals surface area contributed by atoms with E-state index in [0.717, 1.165) is 0 Å². The zero-order valence-corrected chi connectivity index (χ0v) is 12.1. The summed E-state index contributed by atoms with van der Waals surface area (Å²) in [6.45, 7) is 1.92. The molecule has 7 heteroatoms. The third-order valence-electron chi connectivity index (χ3n) is 1.92. The van der Waals surface area contributed by atoms with E-state index in [1.807, 2.05) is 0 Å². The minimum absolute atomic E-state index is 0.146. The SMILES string of the molecule is CC(COc1cccc(Cl)c1Cl)CS(=O)(=O)Cl. The lowest BCUT2D eigenvalue weighted by molar-refractivity contribution is 0.272. The lowest BCUT2D eigenvalue weighted by Gasteiger charge is -2.12. The largest absolute Gasteiger partial charge is 0.492 e. The van der Waals surface area contributed by atoms with Crippen LogP contribution in [0.5, 0.6) is 5.75 Å². The van der Waals surface area contributed by atoms with E-state index >= 15 is 0 Å². The summed E-state index contributed by atoms with van der Waals surface area (Å²) < 4.78 is 27.1. The van der Waals surface area contributed by atoms with Gasteiger partial charge in [-0.3, -0.25) is 0 Å². The highest BCUT2D eigenvalue weighted by molar-refractivity contribution is 8.13. The lowest BCUT2D eigenvalue weighted by atomic mass is 10.2. The molecule has 0 aliphatic rings. The van der Waals surface area contributed by atoms with Gasteiger partial charge in [0.15, 0.2) is 0 Å². The van der Waals surface area contributed by atoms with Crippen molar-refractivity contribution in [3.05, 3.63) is 28.2 Å². The fourth-order valence-electron chi connectivity index (χ4n) is 1.22. The maximum absolute atomic E-state index is 10.8. The quantitative estimate of drug-likeness (QED) is 0.780. The summed E-state index contributed by atoms with van der Waals surface area (Å²) in [4.78, 5) is 0. The highest BCUT2D eigenvalue weighted by Gasteiger charge is 2.14. The summed E-state index contributed by atoms with van der Waals surface area (Å²) in [6, 6.07) is 5.01. The second kappa shape index (κ2) is 6.14. The van der Waals surface area contributed by atoms with Crippen molar-refractivity contribution in [3.63, 3.8) is 0 Å². The molecule has 0 N–H and O–H groups in total. The van der Waals surface area contributed by atoms with Crippen molar-refractivity contribution in [2.45, 2.75) is 6.92 Å². The van der Waals surface area contributed by atoms with Gasteiger partial charge in [0, 0.05) is 16.6 Å². The predicted octanol–water partition coefficient (Wildman–Crippen LogP) is 3.58. The van der Waals surface area contributed by atoms with Gasteiger partial charge in [0.2, 0.25) is 9.05 Å². The van der Waals surface area contributed by atoms with Gasteiger partial charge in [-0.05, 0) is 12.1 Å². The van der Waals surface area contributed by atoms with E-state index in [2.05, 4.69) is 0 Å². The molecule has 0 heterocycles. The Balaban J connectivity index is 2.59. The molecule has 0 radical (unpaired) electrons. The average molecular weight is 318 g/mol. The molecule has 1 aromatic rings. The Hall–Kier alpha value is -0.160. The molecule has 17 heavy (non-hydrogen) atoms. The zero-order chi connectivity index (χ0) is 13.1. The molecular weight excluding hydrogens is 307 g/mol. The van der Waals surface area contributed by atoms with Gasteiger partial charge in [-0.2, -0.15) is 0 Å². The minimum Gasteiger partial charge on any atom is -0.492 e. The van der Waals surface area contributed by atoms with Crippen molar-refractivity contribution in [2.24, 2.45) is 5.92 Å². The zero-order valence-electron chi connectivity index (χ0n) is 8.99. The normalized spacial score (nSPS) is 13.4. The van der Waals surface area contributed by atoms with Gasteiger partial charge in [-0.15, -0.1) is 0 Å². The molecule has 0 amide bonds. The van der Waals surface area contributed by atoms with E-state index in [9.17, 15) is 8.42 Å². The summed E-state index contributed by atoms with van der Waals surface area (Å²) in [5, 5.41) is 0.705. The Bertz CT molecular complexity index is 488. The summed E-state index contributed by atoms with van der Waals surface area (Å²) in [5.41, 5.74) is 0. The van der Waals surface area contributed by atoms with Crippen LogP contribution in [0.15, 0.2) is 18.2 Å². The molecule has 0 saturated carbocycles. The fourth-order valence-corrected chi connectivity index (χ4v) is 2.98. The molecule has 1 aromatic carbocycles. The molecule has 0 saturated heterocycles. The Labute approximate surface area is 115 Å². The van der Waals surface area contributed by atoms with Gasteiger partial charge in [-0.1, -0.05) is 36.2 Å². The number of benzene rings is 1. The number of rotatable bonds is 5. The average Bonchev–Trinajstić information content (AvgIpc) is 2.18. The smallest absolute Gasteiger partial charge is 0.232 e. The van der Waals surface area contributed by atoms with Crippen LogP contribution >= 0.6 is 33.9 Å². The van der Waals surface area contributed by atoms with Crippen molar-refractivity contribution < 1.29 is 13.2 Å². The van der Waals surface area contributed by atoms with Crippen LogP contribution in [0, 0.1) is 5.92 Å². The van der Waals surface area contributed by atoms with Gasteiger partial charge >= 0.3 is 0 Å². The maximum Gasteiger partial charge on any atom is 0.232 e. The van der Waals surface area contributed by atoms with Crippen LogP contribution in [0.25, 0.3) is 0 Å². The number of ether oxygens (including phenoxy) is 1. The van der Waals surface area contributed by atoms with E-state index in [1.165, 1.54) is 0 Å². The lowest BCUT2D eigenvalue weighted by Crippen LogP contribution is -2.16. The summed E-state index contributed by atoms with van der Waals surface area (Å²) in [6.07, 6.45) is 0. The molecule has 1 rings (SSSR count). The number of halogens is 3. The molecule has 1 atom stereocenters. The topological polar surface area (TPSA) is 43.4 Å². The van der Waals surface area contributed by atoms with Gasteiger partial charge < -0.3 is 4.74 Å². The van der Waals surface area contributed by atoms with E-state index in [1.54, 1.807) is 25.1 Å². The van der Waals surface area contributed by atoms with Crippen molar-refractivity contribution in [2.75, 3.05) is 12.4 Å². The van der Waals surface area contributed by atoms with E-state index in [0.29, 0.717) is 15.8 Å². The second-order valence-electron chi connectivity index (χ2n) is 3.67. The molecule has 0 fully saturated rings. The molecule has 0 aliphatic heterocycles. The monoisotopic (exact) mass is 316 g/mol. The molecule has 1 unspecified atom stereocenters. The van der Waals surface area contributed by atoms with Crippen molar-refractivity contribution in [1.82, 2.24) is 0 Å². The predicted molar refractivity (Wildman–Crippen MR) is 70.8 cm³/mol. The van der Waals surface area contributed by atoms with Gasteiger partial charge in [-0.25, -0.2) is 8.42 Å². The Morgan fingerprint density at radius 2 is 2.00 bits per heavy atom. The first-order valence-corrected chi connectivity index (χ1v) is 8.02. The van der Waals surface area contributed by atoms with Crippen LogP contribution in [-0.2, 0) is 9.05 Å². The van der Waals surface area contributed by atoms with E-state index < -0.39 is 9.05 Å². The van der Waals surface area contributed by atoms with Crippen LogP contribution in [0.2, 0.25) is 10.0 Å². The first-order chi connectivity index (χ1) is 7.79. The van der Waals surface area contributed by atoms with Crippen molar-refractivity contribution >= 4 is 42.9 Å². The van der Waals surface area contributed by atoms with Crippen LogP contribution in [0.1, 0.15) is 6.92 Å². The highest BCUT2D eigenvalue weighted by Crippen LogP contribution is 2.31. The van der Waals surface area contributed by atoms with Gasteiger partial charge in [0.25, 0.3) is 0 Å². The van der Waals surface area contributed by atoms with Crippen LogP contribution in [0.4, 0.5) is 0 Å². The Morgan fingerprint density at radius 3 is 2.59 bits per heavy atom. The minimum atomic E-state index is -3.51. The standard InChI is InChI=1S/C10H11Cl3O3S/c1-7(6-17(13,14)15)5-16-9-4-2-3-8(11)10(9)12/h2-4,7H,5-6H2,1H3. The molecule has 3 nitrogen and oxygen atoms in total. The van der Waals surface area contributed by atoms with Crippen molar-refractivity contribution in [1.29, 1.82) is 0 Å². The summed E-state index contributed by atoms with van der Waals surface area (Å²) in [5.74, 6) is 0.0535. The van der Waals surface area contributed by atoms with E-state index in [4.69, 9.17) is 38.6 Å². The Morgan fingerprint density at radius 1 is 1.35 bits per heavy atom. The van der Waals surface area contributed by atoms with Crippen LogP contribution in [-0.4, -0.2) is 20.8 Å². The summed E-state index contributed by atoms with van der Waals surface area (Å²) >= 11 is 11.7. The maximum atomic E-state index is 10.8. The molecule has 0 aromatic heterocycles. The number of hydrogen-bond acceptors (Lipinski definition) is 3. The molecule has 0 aliphatic carbocycles. The van der Waals surface area contributed by atoms with Crippen molar-refractivity contribution in [3.8, 4) is 5.75 Å². The van der Waals surface area contributed by atoms with Crippen LogP contribution in [0.3, 0.4) is 0 Å². The highest BCUT2D eigenvalue weighted by atomic mass is 35.7. The molecule has 0 spiro atoms. The Kier molecular flexibility index (Phi) is 5.38. The first kappa shape index (κ1) is 14.9. The molecule has 0 bridgehead atoms. The van der Waals surface area contributed by atoms with Gasteiger partial charge in [0.1, 0.15) is 10.8 Å². The second-order valence-corrected chi connectivity index (χ2v) is 7.28. The first-order valence-electron chi connectivity index (χ1n) is 4.78. The van der Waals surface area contributed by atoms with Gasteiger partial charge in [0.05, 0.1) is 17.4 Å². The third kappa shape index (κ3) is 5.34. The summed E-state index contributed by atoms with van der Waals surface area (Å²) in [7, 11) is 1.62. The molecule has 96 valence electrons. The fraction of sp³-hybridized carbons (Fsp3) is 0.400.